The molecule has 2 heterocycles. The molecule has 0 aliphatic carbocycles. The average Bonchev–Trinajstić information content (AvgIpc) is 3.01. The number of nitrogens with zero attached hydrogens (tertiary/aromatic N) is 4. The van der Waals surface area contributed by atoms with Crippen LogP contribution in [0, 0.1) is 0 Å². The van der Waals surface area contributed by atoms with Crippen LogP contribution in [-0.2, 0) is 13.6 Å². The summed E-state index contributed by atoms with van der Waals surface area (Å²) in [6.07, 6.45) is 6.38. The molecule has 0 saturated carbocycles. The van der Waals surface area contributed by atoms with Crippen molar-refractivity contribution in [2.24, 2.45) is 7.05 Å². The first kappa shape index (κ1) is 17.2. The van der Waals surface area contributed by atoms with E-state index in [1.54, 1.807) is 0 Å². The molecule has 0 spiro atoms. The molecule has 4 heteroatoms. The Kier molecular flexibility index (Phi) is 5.36. The van der Waals surface area contributed by atoms with Crippen LogP contribution in [0.5, 0.6) is 0 Å². The Bertz CT molecular complexity index is 653. The van der Waals surface area contributed by atoms with Crippen molar-refractivity contribution in [1.82, 2.24) is 19.4 Å². The van der Waals surface area contributed by atoms with Crippen molar-refractivity contribution in [2.45, 2.75) is 38.3 Å². The number of hydrogen-bond donors (Lipinski definition) is 0. The monoisotopic (exact) mass is 326 g/mol. The molecule has 3 rings (SSSR count). The first-order valence-corrected chi connectivity index (χ1v) is 8.99. The number of aryl methyl sites for hydroxylation is 1. The molecule has 0 unspecified atom stereocenters. The molecule has 1 aliphatic rings. The molecule has 2 aromatic rings. The van der Waals surface area contributed by atoms with Crippen molar-refractivity contribution < 1.29 is 0 Å². The average molecular weight is 326 g/mol. The molecule has 1 aromatic carbocycles. The number of rotatable bonds is 5. The van der Waals surface area contributed by atoms with Gasteiger partial charge in [0.25, 0.3) is 0 Å². The van der Waals surface area contributed by atoms with E-state index in [0.29, 0.717) is 12.0 Å². The molecule has 130 valence electrons. The van der Waals surface area contributed by atoms with Gasteiger partial charge in [0, 0.05) is 37.9 Å². The van der Waals surface area contributed by atoms with Gasteiger partial charge in [-0.2, -0.15) is 0 Å². The summed E-state index contributed by atoms with van der Waals surface area (Å²) in [4.78, 5) is 9.38. The summed E-state index contributed by atoms with van der Waals surface area (Å²) in [6.45, 7) is 5.63. The Morgan fingerprint density at radius 2 is 2.00 bits per heavy atom. The van der Waals surface area contributed by atoms with Gasteiger partial charge in [0.05, 0.1) is 0 Å². The van der Waals surface area contributed by atoms with Crippen molar-refractivity contribution in [3.05, 3.63) is 53.6 Å². The quantitative estimate of drug-likeness (QED) is 0.841. The zero-order valence-corrected chi connectivity index (χ0v) is 15.4. The summed E-state index contributed by atoms with van der Waals surface area (Å²) < 4.78 is 2.17. The van der Waals surface area contributed by atoms with Gasteiger partial charge in [-0.15, -0.1) is 0 Å². The van der Waals surface area contributed by atoms with E-state index in [2.05, 4.69) is 77.9 Å². The second kappa shape index (κ2) is 7.49. The van der Waals surface area contributed by atoms with Gasteiger partial charge in [0.1, 0.15) is 5.82 Å². The van der Waals surface area contributed by atoms with Crippen LogP contribution in [0.1, 0.15) is 48.7 Å². The van der Waals surface area contributed by atoms with E-state index < -0.39 is 0 Å². The fourth-order valence-corrected chi connectivity index (χ4v) is 3.63. The largest absolute Gasteiger partial charge is 0.338 e. The third kappa shape index (κ3) is 3.87. The maximum atomic E-state index is 4.54. The van der Waals surface area contributed by atoms with Gasteiger partial charge in [-0.1, -0.05) is 24.3 Å². The normalized spacial score (nSPS) is 18.2. The minimum atomic E-state index is 0.458. The Labute approximate surface area is 146 Å². The lowest BCUT2D eigenvalue weighted by molar-refractivity contribution is 0.200. The molecule has 0 bridgehead atoms. The predicted molar refractivity (Wildman–Crippen MR) is 99.0 cm³/mol. The molecule has 4 nitrogen and oxygen atoms in total. The van der Waals surface area contributed by atoms with Crippen LogP contribution in [0.4, 0.5) is 0 Å². The minimum Gasteiger partial charge on any atom is -0.338 e. The molecule has 1 saturated heterocycles. The number of aromatic nitrogens is 2. The zero-order valence-electron chi connectivity index (χ0n) is 15.4. The predicted octanol–water partition coefficient (Wildman–Crippen LogP) is 3.42. The van der Waals surface area contributed by atoms with Gasteiger partial charge in [-0.05, 0) is 58.1 Å². The molecule has 1 atom stereocenters. The Morgan fingerprint density at radius 3 is 2.62 bits per heavy atom. The molecule has 24 heavy (non-hydrogen) atoms. The highest BCUT2D eigenvalue weighted by molar-refractivity contribution is 5.26. The lowest BCUT2D eigenvalue weighted by Crippen LogP contribution is -2.33. The van der Waals surface area contributed by atoms with Crippen molar-refractivity contribution >= 4 is 0 Å². The maximum absolute atomic E-state index is 4.54. The van der Waals surface area contributed by atoms with E-state index in [4.69, 9.17) is 0 Å². The van der Waals surface area contributed by atoms with E-state index in [1.165, 1.54) is 29.8 Å². The molecule has 0 amide bonds. The number of imidazole rings is 1. The summed E-state index contributed by atoms with van der Waals surface area (Å²) >= 11 is 0. The number of piperidine rings is 1. The highest BCUT2D eigenvalue weighted by Gasteiger charge is 2.23. The lowest BCUT2D eigenvalue weighted by atomic mass is 9.95. The Hall–Kier alpha value is -1.65. The summed E-state index contributed by atoms with van der Waals surface area (Å²) in [5.41, 5.74) is 2.83. The second-order valence-corrected chi connectivity index (χ2v) is 7.33. The molecule has 0 radical (unpaired) electrons. The van der Waals surface area contributed by atoms with Crippen LogP contribution in [0.2, 0.25) is 0 Å². The highest BCUT2D eigenvalue weighted by atomic mass is 15.1. The number of benzene rings is 1. The van der Waals surface area contributed by atoms with Gasteiger partial charge in [-0.3, -0.25) is 4.90 Å². The van der Waals surface area contributed by atoms with Gasteiger partial charge in [0.2, 0.25) is 0 Å². The van der Waals surface area contributed by atoms with Crippen LogP contribution in [0.25, 0.3) is 0 Å². The molecule has 1 aromatic heterocycles. The Balaban J connectivity index is 1.58. The van der Waals surface area contributed by atoms with E-state index in [9.17, 15) is 0 Å². The van der Waals surface area contributed by atoms with Gasteiger partial charge >= 0.3 is 0 Å². The molecule has 1 fully saturated rings. The third-order valence-corrected chi connectivity index (χ3v) is 5.43. The maximum Gasteiger partial charge on any atom is 0.111 e. The van der Waals surface area contributed by atoms with Crippen LogP contribution >= 0.6 is 0 Å². The third-order valence-electron chi connectivity index (χ3n) is 5.43. The fourth-order valence-electron chi connectivity index (χ4n) is 3.63. The number of hydrogen-bond acceptors (Lipinski definition) is 3. The highest BCUT2D eigenvalue weighted by Crippen LogP contribution is 2.27. The van der Waals surface area contributed by atoms with Crippen LogP contribution in [0.3, 0.4) is 0 Å². The minimum absolute atomic E-state index is 0.458. The standard InChI is InChI=1S/C20H30N4/c1-16(22(2)3)19-7-5-6-17(14-19)15-24-11-8-18(9-12-24)20-21-10-13-23(20)4/h5-7,10,13-14,16,18H,8-9,11-12,15H2,1-4H3/t16-/m1/s1. The van der Waals surface area contributed by atoms with Gasteiger partial charge < -0.3 is 9.47 Å². The first-order chi connectivity index (χ1) is 11.5. The smallest absolute Gasteiger partial charge is 0.111 e. The first-order valence-electron chi connectivity index (χ1n) is 8.99. The van der Waals surface area contributed by atoms with Gasteiger partial charge in [-0.25, -0.2) is 4.98 Å². The molecular weight excluding hydrogens is 296 g/mol. The summed E-state index contributed by atoms with van der Waals surface area (Å²) in [5.74, 6) is 1.86. The zero-order chi connectivity index (χ0) is 17.1. The van der Waals surface area contributed by atoms with Crippen molar-refractivity contribution in [2.75, 3.05) is 27.2 Å². The van der Waals surface area contributed by atoms with Crippen molar-refractivity contribution in [3.63, 3.8) is 0 Å². The van der Waals surface area contributed by atoms with Crippen LogP contribution in [0.15, 0.2) is 36.7 Å². The van der Waals surface area contributed by atoms with Crippen LogP contribution < -0.4 is 0 Å². The SMILES string of the molecule is C[C@H](c1cccc(CN2CCC(c3nccn3C)CC2)c1)N(C)C. The molecular formula is C20H30N4. The molecule has 1 aliphatic heterocycles. The van der Waals surface area contributed by atoms with Crippen LogP contribution in [-0.4, -0.2) is 46.5 Å². The second-order valence-electron chi connectivity index (χ2n) is 7.33. The van der Waals surface area contributed by atoms with E-state index in [-0.39, 0.29) is 0 Å². The summed E-state index contributed by atoms with van der Waals surface area (Å²) in [7, 11) is 6.38. The fraction of sp³-hybridized carbons (Fsp3) is 0.550. The van der Waals surface area contributed by atoms with Crippen molar-refractivity contribution in [3.8, 4) is 0 Å². The Morgan fingerprint density at radius 1 is 1.25 bits per heavy atom. The number of likely N-dealkylation sites (tertiary alicyclic amines) is 1. The van der Waals surface area contributed by atoms with E-state index in [1.807, 2.05) is 6.20 Å². The lowest BCUT2D eigenvalue weighted by Gasteiger charge is -2.32. The topological polar surface area (TPSA) is 24.3 Å². The van der Waals surface area contributed by atoms with Gasteiger partial charge in [0.15, 0.2) is 0 Å². The molecule has 0 N–H and O–H groups in total. The van der Waals surface area contributed by atoms with Crippen molar-refractivity contribution in [1.29, 1.82) is 0 Å². The summed E-state index contributed by atoms with van der Waals surface area (Å²) in [5, 5.41) is 0. The summed E-state index contributed by atoms with van der Waals surface area (Å²) in [6, 6.07) is 9.53. The van der Waals surface area contributed by atoms with E-state index >= 15 is 0 Å². The van der Waals surface area contributed by atoms with E-state index in [0.717, 1.165) is 19.6 Å².